The maximum absolute atomic E-state index is 13.7. The second-order valence-corrected chi connectivity index (χ2v) is 5.09. The van der Waals surface area contributed by atoms with Crippen LogP contribution in [0.2, 0.25) is 0 Å². The van der Waals surface area contributed by atoms with Crippen molar-refractivity contribution in [3.63, 3.8) is 0 Å². The molecule has 2 N–H and O–H groups in total. The normalized spacial score (nSPS) is 18.6. The molecule has 2 rings (SSSR count). The molecule has 0 aliphatic carbocycles. The van der Waals surface area contributed by atoms with Crippen molar-refractivity contribution in [1.29, 1.82) is 0 Å². The molecule has 1 amide bonds. The van der Waals surface area contributed by atoms with E-state index in [0.29, 0.717) is 6.54 Å². The van der Waals surface area contributed by atoms with Crippen molar-refractivity contribution >= 4 is 34.2 Å². The third kappa shape index (κ3) is 3.87. The van der Waals surface area contributed by atoms with E-state index in [9.17, 15) is 13.6 Å². The number of hydrogen-bond donors (Lipinski definition) is 2. The first-order valence-electron chi connectivity index (χ1n) is 5.74. The van der Waals surface area contributed by atoms with Gasteiger partial charge in [-0.2, -0.15) is 0 Å². The molecule has 0 saturated carbocycles. The van der Waals surface area contributed by atoms with Crippen molar-refractivity contribution in [3.05, 3.63) is 33.8 Å². The van der Waals surface area contributed by atoms with Gasteiger partial charge in [-0.25, -0.2) is 8.78 Å². The lowest BCUT2D eigenvalue weighted by molar-refractivity contribution is 0.0922. The maximum atomic E-state index is 13.7. The fourth-order valence-electron chi connectivity index (χ4n) is 1.97. The van der Waals surface area contributed by atoms with E-state index in [1.165, 1.54) is 6.07 Å². The molecule has 0 spiro atoms. The second kappa shape index (κ2) is 7.17. The van der Waals surface area contributed by atoms with Crippen molar-refractivity contribution in [3.8, 4) is 0 Å². The predicted molar refractivity (Wildman–Crippen MR) is 74.7 cm³/mol. The number of nitrogens with one attached hydrogen (secondary N) is 2. The van der Waals surface area contributed by atoms with Crippen LogP contribution >= 0.6 is 28.3 Å². The van der Waals surface area contributed by atoms with Crippen molar-refractivity contribution in [2.45, 2.75) is 18.9 Å². The molecule has 0 bridgehead atoms. The van der Waals surface area contributed by atoms with E-state index in [1.807, 2.05) is 0 Å². The molecule has 1 unspecified atom stereocenters. The molecular weight excluding hydrogens is 341 g/mol. The molecular formula is C12H14BrClF2N2O. The Morgan fingerprint density at radius 1 is 1.42 bits per heavy atom. The summed E-state index contributed by atoms with van der Waals surface area (Å²) in [5.74, 6) is -2.42. The van der Waals surface area contributed by atoms with Gasteiger partial charge in [0.05, 0.1) is 4.47 Å². The van der Waals surface area contributed by atoms with Gasteiger partial charge in [0.2, 0.25) is 0 Å². The SMILES string of the molecule is Cl.O=C(NC1CCCNC1)c1c(F)ccc(Br)c1F. The zero-order valence-electron chi connectivity index (χ0n) is 10.0. The molecule has 3 nitrogen and oxygen atoms in total. The molecule has 106 valence electrons. The topological polar surface area (TPSA) is 41.1 Å². The van der Waals surface area contributed by atoms with Crippen LogP contribution in [0.15, 0.2) is 16.6 Å². The van der Waals surface area contributed by atoms with Crippen molar-refractivity contribution < 1.29 is 13.6 Å². The smallest absolute Gasteiger partial charge is 0.257 e. The summed E-state index contributed by atoms with van der Waals surface area (Å²) in [6.07, 6.45) is 1.75. The van der Waals surface area contributed by atoms with E-state index in [2.05, 4.69) is 26.6 Å². The van der Waals surface area contributed by atoms with Gasteiger partial charge < -0.3 is 10.6 Å². The quantitative estimate of drug-likeness (QED) is 0.801. The van der Waals surface area contributed by atoms with Crippen LogP contribution in [0.25, 0.3) is 0 Å². The molecule has 1 atom stereocenters. The van der Waals surface area contributed by atoms with Crippen LogP contribution in [0.1, 0.15) is 23.2 Å². The molecule has 1 fully saturated rings. The van der Waals surface area contributed by atoms with Gasteiger partial charge in [0, 0.05) is 12.6 Å². The van der Waals surface area contributed by atoms with Gasteiger partial charge in [-0.3, -0.25) is 4.79 Å². The van der Waals surface area contributed by atoms with E-state index in [-0.39, 0.29) is 22.9 Å². The second-order valence-electron chi connectivity index (χ2n) is 4.23. The summed E-state index contributed by atoms with van der Waals surface area (Å²) < 4.78 is 27.3. The third-order valence-electron chi connectivity index (χ3n) is 2.90. The number of hydrogen-bond acceptors (Lipinski definition) is 2. The van der Waals surface area contributed by atoms with Gasteiger partial charge in [-0.15, -0.1) is 12.4 Å². The summed E-state index contributed by atoms with van der Waals surface area (Å²) in [5, 5.41) is 5.76. The summed E-state index contributed by atoms with van der Waals surface area (Å²) in [6.45, 7) is 1.54. The van der Waals surface area contributed by atoms with Gasteiger partial charge >= 0.3 is 0 Å². The molecule has 1 saturated heterocycles. The number of carbonyl (C=O) groups is 1. The Labute approximate surface area is 124 Å². The number of carbonyl (C=O) groups excluding carboxylic acids is 1. The molecule has 0 aromatic heterocycles. The fraction of sp³-hybridized carbons (Fsp3) is 0.417. The molecule has 1 aliphatic heterocycles. The van der Waals surface area contributed by atoms with E-state index >= 15 is 0 Å². The van der Waals surface area contributed by atoms with E-state index in [0.717, 1.165) is 25.5 Å². The largest absolute Gasteiger partial charge is 0.348 e. The highest BCUT2D eigenvalue weighted by molar-refractivity contribution is 9.10. The van der Waals surface area contributed by atoms with Crippen LogP contribution in [-0.2, 0) is 0 Å². The predicted octanol–water partition coefficient (Wildman–Crippen LogP) is 2.63. The lowest BCUT2D eigenvalue weighted by atomic mass is 10.1. The molecule has 7 heteroatoms. The summed E-state index contributed by atoms with van der Waals surface area (Å²) >= 11 is 2.94. The Bertz CT molecular complexity index is 467. The Morgan fingerprint density at radius 3 is 2.79 bits per heavy atom. The highest BCUT2D eigenvalue weighted by Crippen LogP contribution is 2.21. The first-order chi connectivity index (χ1) is 8.59. The first kappa shape index (κ1) is 16.3. The Kier molecular flexibility index (Phi) is 6.16. The average molecular weight is 356 g/mol. The van der Waals surface area contributed by atoms with Crippen LogP contribution < -0.4 is 10.6 Å². The summed E-state index contributed by atoms with van der Waals surface area (Å²) in [6, 6.07) is 2.23. The highest BCUT2D eigenvalue weighted by Gasteiger charge is 2.23. The first-order valence-corrected chi connectivity index (χ1v) is 6.54. The van der Waals surface area contributed by atoms with Gasteiger partial charge in [0.15, 0.2) is 5.82 Å². The minimum absolute atomic E-state index is 0. The molecule has 1 aromatic carbocycles. The van der Waals surface area contributed by atoms with Gasteiger partial charge in [-0.1, -0.05) is 0 Å². The van der Waals surface area contributed by atoms with Gasteiger partial charge in [0.25, 0.3) is 5.91 Å². The monoisotopic (exact) mass is 354 g/mol. The standard InChI is InChI=1S/C12H13BrF2N2O.ClH/c13-8-3-4-9(14)10(11(8)15)12(18)17-7-2-1-5-16-6-7;/h3-4,7,16H,1-2,5-6H2,(H,17,18);1H. The average Bonchev–Trinajstić information content (AvgIpc) is 2.36. The molecule has 1 aromatic rings. The van der Waals surface area contributed by atoms with E-state index in [1.54, 1.807) is 0 Å². The summed E-state index contributed by atoms with van der Waals surface area (Å²) in [4.78, 5) is 11.9. The van der Waals surface area contributed by atoms with Gasteiger partial charge in [-0.05, 0) is 47.4 Å². The number of halogens is 4. The summed E-state index contributed by atoms with van der Waals surface area (Å²) in [7, 11) is 0. The molecule has 1 heterocycles. The minimum atomic E-state index is -0.865. The number of rotatable bonds is 2. The lowest BCUT2D eigenvalue weighted by Crippen LogP contribution is -2.46. The van der Waals surface area contributed by atoms with E-state index in [4.69, 9.17) is 0 Å². The maximum Gasteiger partial charge on any atom is 0.257 e. The van der Waals surface area contributed by atoms with Crippen LogP contribution in [0, 0.1) is 11.6 Å². The fourth-order valence-corrected chi connectivity index (χ4v) is 2.30. The Balaban J connectivity index is 0.00000180. The van der Waals surface area contributed by atoms with Crippen LogP contribution in [-0.4, -0.2) is 25.0 Å². The van der Waals surface area contributed by atoms with Crippen LogP contribution in [0.5, 0.6) is 0 Å². The van der Waals surface area contributed by atoms with Crippen molar-refractivity contribution in [2.75, 3.05) is 13.1 Å². The van der Waals surface area contributed by atoms with Crippen LogP contribution in [0.4, 0.5) is 8.78 Å². The lowest BCUT2D eigenvalue weighted by Gasteiger charge is -2.24. The molecule has 19 heavy (non-hydrogen) atoms. The zero-order valence-corrected chi connectivity index (χ0v) is 12.4. The van der Waals surface area contributed by atoms with Crippen LogP contribution in [0.3, 0.4) is 0 Å². The molecule has 0 radical (unpaired) electrons. The highest BCUT2D eigenvalue weighted by atomic mass is 79.9. The minimum Gasteiger partial charge on any atom is -0.348 e. The van der Waals surface area contributed by atoms with Gasteiger partial charge in [0.1, 0.15) is 11.4 Å². The third-order valence-corrected chi connectivity index (χ3v) is 3.52. The van der Waals surface area contributed by atoms with Crippen molar-refractivity contribution in [2.24, 2.45) is 0 Å². The summed E-state index contributed by atoms with van der Waals surface area (Å²) in [5.41, 5.74) is -0.532. The number of piperidine rings is 1. The number of amides is 1. The van der Waals surface area contributed by atoms with Crippen molar-refractivity contribution in [1.82, 2.24) is 10.6 Å². The Morgan fingerprint density at radius 2 is 2.16 bits per heavy atom. The number of benzene rings is 1. The zero-order chi connectivity index (χ0) is 13.1. The Hall–Kier alpha value is -0.720. The van der Waals surface area contributed by atoms with E-state index < -0.39 is 23.1 Å². The molecule has 1 aliphatic rings.